The van der Waals surface area contributed by atoms with Gasteiger partial charge in [0.15, 0.2) is 0 Å². The quantitative estimate of drug-likeness (QED) is 0.839. The first-order chi connectivity index (χ1) is 9.61. The van der Waals surface area contributed by atoms with Crippen LogP contribution < -0.4 is 15.8 Å². The summed E-state index contributed by atoms with van der Waals surface area (Å²) in [7, 11) is 1.58. The van der Waals surface area contributed by atoms with E-state index in [1.807, 2.05) is 43.3 Å². The number of nitrogens with one attached hydrogen (secondary N) is 1. The second-order valence-corrected chi connectivity index (χ2v) is 4.58. The Bertz CT molecular complexity index is 611. The van der Waals surface area contributed by atoms with E-state index in [1.165, 1.54) is 0 Å². The Morgan fingerprint density at radius 3 is 2.65 bits per heavy atom. The first kappa shape index (κ1) is 13.9. The summed E-state index contributed by atoms with van der Waals surface area (Å²) in [5.41, 5.74) is 7.94. The van der Waals surface area contributed by atoms with Crippen LogP contribution in [-0.4, -0.2) is 13.0 Å². The van der Waals surface area contributed by atoms with Gasteiger partial charge in [-0.05, 0) is 36.8 Å². The average molecular weight is 270 g/mol. The van der Waals surface area contributed by atoms with Crippen molar-refractivity contribution in [1.82, 2.24) is 0 Å². The fraction of sp³-hybridized carbons (Fsp3) is 0.188. The smallest absolute Gasteiger partial charge is 0.231 e. The van der Waals surface area contributed by atoms with Gasteiger partial charge < -0.3 is 15.8 Å². The Kier molecular flexibility index (Phi) is 4.25. The second-order valence-electron chi connectivity index (χ2n) is 4.58. The monoisotopic (exact) mass is 270 g/mol. The number of nitrogens with two attached hydrogens (primary N) is 1. The molecule has 2 aromatic carbocycles. The standard InChI is InChI=1S/C16H18N2O2/c1-11(12-6-5-7-13(17)10-12)16(19)18-14-8-3-4-9-15(14)20-2/h3-11H,17H2,1-2H3,(H,18,19). The highest BCUT2D eigenvalue weighted by atomic mass is 16.5. The van der Waals surface area contributed by atoms with Crippen LogP contribution in [0.4, 0.5) is 11.4 Å². The number of anilines is 2. The summed E-state index contributed by atoms with van der Waals surface area (Å²) in [6, 6.07) is 14.7. The van der Waals surface area contributed by atoms with E-state index in [9.17, 15) is 4.79 Å². The van der Waals surface area contributed by atoms with Crippen LogP contribution in [0.15, 0.2) is 48.5 Å². The van der Waals surface area contributed by atoms with E-state index in [1.54, 1.807) is 19.2 Å². The van der Waals surface area contributed by atoms with E-state index >= 15 is 0 Å². The van der Waals surface area contributed by atoms with Crippen molar-refractivity contribution in [2.45, 2.75) is 12.8 Å². The Balaban J connectivity index is 2.15. The Morgan fingerprint density at radius 1 is 1.20 bits per heavy atom. The number of nitrogen functional groups attached to an aromatic ring is 1. The second kappa shape index (κ2) is 6.10. The number of methoxy groups -OCH3 is 1. The number of rotatable bonds is 4. The zero-order chi connectivity index (χ0) is 14.5. The zero-order valence-corrected chi connectivity index (χ0v) is 11.6. The lowest BCUT2D eigenvalue weighted by molar-refractivity contribution is -0.117. The topological polar surface area (TPSA) is 64.3 Å². The molecule has 3 N–H and O–H groups in total. The van der Waals surface area contributed by atoms with Gasteiger partial charge >= 0.3 is 0 Å². The molecule has 0 fully saturated rings. The molecule has 104 valence electrons. The van der Waals surface area contributed by atoms with Crippen LogP contribution in [0.1, 0.15) is 18.4 Å². The van der Waals surface area contributed by atoms with Crippen LogP contribution in [0, 0.1) is 0 Å². The minimum atomic E-state index is -0.289. The van der Waals surface area contributed by atoms with Gasteiger partial charge in [-0.3, -0.25) is 4.79 Å². The van der Waals surface area contributed by atoms with Crippen molar-refractivity contribution >= 4 is 17.3 Å². The van der Waals surface area contributed by atoms with Gasteiger partial charge in [-0.2, -0.15) is 0 Å². The molecule has 4 nitrogen and oxygen atoms in total. The third kappa shape index (κ3) is 3.09. The van der Waals surface area contributed by atoms with Crippen LogP contribution in [0.2, 0.25) is 0 Å². The van der Waals surface area contributed by atoms with Crippen LogP contribution in [0.3, 0.4) is 0 Å². The molecule has 0 bridgehead atoms. The van der Waals surface area contributed by atoms with Crippen LogP contribution in [-0.2, 0) is 4.79 Å². The molecular formula is C16H18N2O2. The number of hydrogen-bond acceptors (Lipinski definition) is 3. The summed E-state index contributed by atoms with van der Waals surface area (Å²) < 4.78 is 5.22. The Hall–Kier alpha value is -2.49. The number of amides is 1. The molecule has 0 spiro atoms. The van der Waals surface area contributed by atoms with Gasteiger partial charge in [-0.25, -0.2) is 0 Å². The molecule has 0 heterocycles. The van der Waals surface area contributed by atoms with Crippen molar-refractivity contribution in [3.05, 3.63) is 54.1 Å². The van der Waals surface area contributed by atoms with Gasteiger partial charge in [0.05, 0.1) is 18.7 Å². The fourth-order valence-corrected chi connectivity index (χ4v) is 1.97. The number of hydrogen-bond donors (Lipinski definition) is 2. The molecule has 0 saturated heterocycles. The summed E-state index contributed by atoms with van der Waals surface area (Å²) in [5, 5.41) is 2.87. The normalized spacial score (nSPS) is 11.7. The molecule has 20 heavy (non-hydrogen) atoms. The van der Waals surface area contributed by atoms with Crippen molar-refractivity contribution in [3.8, 4) is 5.75 Å². The van der Waals surface area contributed by atoms with Gasteiger partial charge in [0.25, 0.3) is 0 Å². The van der Waals surface area contributed by atoms with Crippen molar-refractivity contribution < 1.29 is 9.53 Å². The lowest BCUT2D eigenvalue weighted by Crippen LogP contribution is -2.19. The van der Waals surface area contributed by atoms with E-state index in [-0.39, 0.29) is 11.8 Å². The Morgan fingerprint density at radius 2 is 1.95 bits per heavy atom. The molecular weight excluding hydrogens is 252 g/mol. The molecule has 1 amide bonds. The van der Waals surface area contributed by atoms with Gasteiger partial charge in [-0.1, -0.05) is 24.3 Å². The molecule has 0 aliphatic carbocycles. The predicted octanol–water partition coefficient (Wildman–Crippen LogP) is 3.02. The van der Waals surface area contributed by atoms with Gasteiger partial charge in [0.1, 0.15) is 5.75 Å². The highest BCUT2D eigenvalue weighted by Crippen LogP contribution is 2.25. The third-order valence-corrected chi connectivity index (χ3v) is 3.17. The lowest BCUT2D eigenvalue weighted by atomic mass is 10.00. The van der Waals surface area contributed by atoms with Crippen molar-refractivity contribution in [3.63, 3.8) is 0 Å². The third-order valence-electron chi connectivity index (χ3n) is 3.17. The molecule has 4 heteroatoms. The molecule has 2 rings (SSSR count). The highest BCUT2D eigenvalue weighted by Gasteiger charge is 2.16. The van der Waals surface area contributed by atoms with Crippen molar-refractivity contribution in [1.29, 1.82) is 0 Å². The van der Waals surface area contributed by atoms with Crippen LogP contribution in [0.5, 0.6) is 5.75 Å². The number of carbonyl (C=O) groups excluding carboxylic acids is 1. The molecule has 1 unspecified atom stereocenters. The maximum atomic E-state index is 12.3. The fourth-order valence-electron chi connectivity index (χ4n) is 1.97. The number of ether oxygens (including phenoxy) is 1. The predicted molar refractivity (Wildman–Crippen MR) is 80.9 cm³/mol. The average Bonchev–Trinajstić information content (AvgIpc) is 2.47. The Labute approximate surface area is 118 Å². The van der Waals surface area contributed by atoms with Crippen LogP contribution >= 0.6 is 0 Å². The lowest BCUT2D eigenvalue weighted by Gasteiger charge is -2.15. The van der Waals surface area contributed by atoms with E-state index < -0.39 is 0 Å². The minimum Gasteiger partial charge on any atom is -0.495 e. The van der Waals surface area contributed by atoms with E-state index in [4.69, 9.17) is 10.5 Å². The number of para-hydroxylation sites is 2. The van der Waals surface area contributed by atoms with Gasteiger partial charge in [-0.15, -0.1) is 0 Å². The molecule has 0 aliphatic heterocycles. The maximum Gasteiger partial charge on any atom is 0.231 e. The largest absolute Gasteiger partial charge is 0.495 e. The molecule has 0 aliphatic rings. The van der Waals surface area contributed by atoms with Crippen LogP contribution in [0.25, 0.3) is 0 Å². The maximum absolute atomic E-state index is 12.3. The zero-order valence-electron chi connectivity index (χ0n) is 11.6. The molecule has 2 aromatic rings. The van der Waals surface area contributed by atoms with Gasteiger partial charge in [0.2, 0.25) is 5.91 Å². The molecule has 0 aromatic heterocycles. The SMILES string of the molecule is COc1ccccc1NC(=O)C(C)c1cccc(N)c1. The molecule has 1 atom stereocenters. The van der Waals surface area contributed by atoms with Gasteiger partial charge in [0, 0.05) is 5.69 Å². The minimum absolute atomic E-state index is 0.0971. The molecule has 0 radical (unpaired) electrons. The molecule has 0 saturated carbocycles. The summed E-state index contributed by atoms with van der Waals surface area (Å²) in [5.74, 6) is 0.254. The van der Waals surface area contributed by atoms with Crippen molar-refractivity contribution in [2.75, 3.05) is 18.2 Å². The first-order valence-corrected chi connectivity index (χ1v) is 6.41. The number of carbonyl (C=O) groups is 1. The van der Waals surface area contributed by atoms with Crippen molar-refractivity contribution in [2.24, 2.45) is 0 Å². The first-order valence-electron chi connectivity index (χ1n) is 6.41. The number of benzene rings is 2. The van der Waals surface area contributed by atoms with E-state index in [2.05, 4.69) is 5.32 Å². The van der Waals surface area contributed by atoms with E-state index in [0.717, 1.165) is 5.56 Å². The summed E-state index contributed by atoms with van der Waals surface area (Å²) in [6.45, 7) is 1.85. The highest BCUT2D eigenvalue weighted by molar-refractivity contribution is 5.96. The van der Waals surface area contributed by atoms with E-state index in [0.29, 0.717) is 17.1 Å². The summed E-state index contributed by atoms with van der Waals surface area (Å²) in [4.78, 5) is 12.3. The summed E-state index contributed by atoms with van der Waals surface area (Å²) >= 11 is 0. The summed E-state index contributed by atoms with van der Waals surface area (Å²) in [6.07, 6.45) is 0.